The minimum Gasteiger partial charge on any atom is -0.484 e. The number of halogens is 1. The van der Waals surface area contributed by atoms with Gasteiger partial charge in [0.05, 0.1) is 10.8 Å². The predicted molar refractivity (Wildman–Crippen MR) is 126 cm³/mol. The Balaban J connectivity index is 1.66. The van der Waals surface area contributed by atoms with Gasteiger partial charge in [-0.15, -0.1) is 16.8 Å². The van der Waals surface area contributed by atoms with Crippen LogP contribution in [0.3, 0.4) is 0 Å². The van der Waals surface area contributed by atoms with Crippen molar-refractivity contribution in [3.05, 3.63) is 76.6 Å². The molecule has 0 bridgehead atoms. The molecule has 3 rings (SSSR count). The molecule has 0 aliphatic heterocycles. The number of benzene rings is 2. The fourth-order valence-corrected chi connectivity index (χ4v) is 3.96. The Bertz CT molecular complexity index is 1080. The van der Waals surface area contributed by atoms with Gasteiger partial charge in [-0.1, -0.05) is 53.7 Å². The molecule has 6 nitrogen and oxygen atoms in total. The standard InChI is InChI=1S/C23H25ClN4O2S/c1-5-11-28-20(13-30-19-12-15(2)9-10-18(19)24)26-27-23(28)31-14-21(29)25-22-16(3)7-6-8-17(22)4/h5-10,12H,1,11,13-14H2,2-4H3,(H,25,29). The van der Waals surface area contributed by atoms with Crippen molar-refractivity contribution in [1.29, 1.82) is 0 Å². The number of thioether (sulfide) groups is 1. The molecule has 0 aliphatic rings. The van der Waals surface area contributed by atoms with E-state index in [0.29, 0.717) is 28.3 Å². The molecular weight excluding hydrogens is 432 g/mol. The highest BCUT2D eigenvalue weighted by Gasteiger charge is 2.15. The summed E-state index contributed by atoms with van der Waals surface area (Å²) in [5, 5.41) is 12.6. The second kappa shape index (κ2) is 10.5. The lowest BCUT2D eigenvalue weighted by Gasteiger charge is -2.12. The topological polar surface area (TPSA) is 69.0 Å². The smallest absolute Gasteiger partial charge is 0.234 e. The lowest BCUT2D eigenvalue weighted by Crippen LogP contribution is -2.16. The number of para-hydroxylation sites is 1. The van der Waals surface area contributed by atoms with E-state index in [9.17, 15) is 4.79 Å². The van der Waals surface area contributed by atoms with Gasteiger partial charge >= 0.3 is 0 Å². The lowest BCUT2D eigenvalue weighted by molar-refractivity contribution is -0.113. The molecular formula is C23H25ClN4O2S. The van der Waals surface area contributed by atoms with Crippen molar-refractivity contribution in [3.63, 3.8) is 0 Å². The van der Waals surface area contributed by atoms with Crippen LogP contribution >= 0.6 is 23.4 Å². The van der Waals surface area contributed by atoms with E-state index < -0.39 is 0 Å². The summed E-state index contributed by atoms with van der Waals surface area (Å²) < 4.78 is 7.74. The molecule has 2 aromatic carbocycles. The minimum atomic E-state index is -0.0973. The first-order valence-corrected chi connectivity index (χ1v) is 11.2. The van der Waals surface area contributed by atoms with Crippen LogP contribution in [0.4, 0.5) is 5.69 Å². The second-order valence-corrected chi connectivity index (χ2v) is 8.47. The van der Waals surface area contributed by atoms with E-state index in [0.717, 1.165) is 22.4 Å². The maximum Gasteiger partial charge on any atom is 0.234 e. The molecule has 1 aromatic heterocycles. The Morgan fingerprint density at radius 2 is 1.97 bits per heavy atom. The Kier molecular flexibility index (Phi) is 7.76. The highest BCUT2D eigenvalue weighted by atomic mass is 35.5. The van der Waals surface area contributed by atoms with E-state index in [2.05, 4.69) is 22.1 Å². The molecule has 0 atom stereocenters. The van der Waals surface area contributed by atoms with Crippen molar-refractivity contribution in [3.8, 4) is 5.75 Å². The first-order valence-electron chi connectivity index (χ1n) is 9.80. The van der Waals surface area contributed by atoms with Crippen LogP contribution in [-0.2, 0) is 17.9 Å². The molecule has 3 aromatic rings. The minimum absolute atomic E-state index is 0.0973. The molecule has 162 valence electrons. The molecule has 0 saturated carbocycles. The highest BCUT2D eigenvalue weighted by molar-refractivity contribution is 7.99. The van der Waals surface area contributed by atoms with Gasteiger partial charge < -0.3 is 10.1 Å². The second-order valence-electron chi connectivity index (χ2n) is 7.12. The summed E-state index contributed by atoms with van der Waals surface area (Å²) in [6.45, 7) is 10.4. The SMILES string of the molecule is C=CCn1c(COc2cc(C)ccc2Cl)nnc1SCC(=O)Nc1c(C)cccc1C. The van der Waals surface area contributed by atoms with E-state index >= 15 is 0 Å². The van der Waals surface area contributed by atoms with Gasteiger partial charge in [-0.3, -0.25) is 9.36 Å². The zero-order valence-electron chi connectivity index (χ0n) is 17.8. The van der Waals surface area contributed by atoms with E-state index in [1.807, 2.05) is 55.7 Å². The Morgan fingerprint density at radius 3 is 2.68 bits per heavy atom. The van der Waals surface area contributed by atoms with E-state index in [1.165, 1.54) is 11.8 Å². The molecule has 0 saturated heterocycles. The Labute approximate surface area is 191 Å². The normalized spacial score (nSPS) is 10.7. The number of hydrogen-bond acceptors (Lipinski definition) is 5. The van der Waals surface area contributed by atoms with Crippen LogP contribution in [0.15, 0.2) is 54.2 Å². The zero-order valence-corrected chi connectivity index (χ0v) is 19.4. The van der Waals surface area contributed by atoms with Gasteiger partial charge in [-0.2, -0.15) is 0 Å². The monoisotopic (exact) mass is 456 g/mol. The number of aromatic nitrogens is 3. The quantitative estimate of drug-likeness (QED) is 0.347. The summed E-state index contributed by atoms with van der Waals surface area (Å²) in [5.74, 6) is 1.35. The summed E-state index contributed by atoms with van der Waals surface area (Å²) >= 11 is 7.53. The highest BCUT2D eigenvalue weighted by Crippen LogP contribution is 2.27. The van der Waals surface area contributed by atoms with E-state index in [1.54, 1.807) is 12.1 Å². The lowest BCUT2D eigenvalue weighted by atomic mass is 10.1. The number of hydrogen-bond donors (Lipinski definition) is 1. The zero-order chi connectivity index (χ0) is 22.4. The van der Waals surface area contributed by atoms with E-state index in [-0.39, 0.29) is 18.3 Å². The molecule has 0 fully saturated rings. The average molecular weight is 457 g/mol. The summed E-state index contributed by atoms with van der Waals surface area (Å²) in [5.41, 5.74) is 3.97. The maximum absolute atomic E-state index is 12.5. The Hall–Kier alpha value is -2.77. The van der Waals surface area contributed by atoms with Crippen molar-refractivity contribution in [1.82, 2.24) is 14.8 Å². The van der Waals surface area contributed by atoms with Crippen LogP contribution in [0.5, 0.6) is 5.75 Å². The molecule has 0 unspecified atom stereocenters. The van der Waals surface area contributed by atoms with Gasteiger partial charge in [0.2, 0.25) is 5.91 Å². The number of carbonyl (C=O) groups is 1. The molecule has 8 heteroatoms. The van der Waals surface area contributed by atoms with Crippen molar-refractivity contribution in [2.45, 2.75) is 39.1 Å². The van der Waals surface area contributed by atoms with Crippen LogP contribution in [0.2, 0.25) is 5.02 Å². The molecule has 0 spiro atoms. The number of aryl methyl sites for hydroxylation is 3. The fourth-order valence-electron chi connectivity index (χ4n) is 3.03. The van der Waals surface area contributed by atoms with Crippen LogP contribution in [0, 0.1) is 20.8 Å². The van der Waals surface area contributed by atoms with Gasteiger partial charge in [0.25, 0.3) is 0 Å². The van der Waals surface area contributed by atoms with Crippen LogP contribution < -0.4 is 10.1 Å². The summed E-state index contributed by atoms with van der Waals surface area (Å²) in [6, 6.07) is 11.5. The largest absolute Gasteiger partial charge is 0.484 e. The number of ether oxygens (including phenoxy) is 1. The van der Waals surface area contributed by atoms with Crippen molar-refractivity contribution in [2.75, 3.05) is 11.1 Å². The van der Waals surface area contributed by atoms with E-state index in [4.69, 9.17) is 16.3 Å². The van der Waals surface area contributed by atoms with Crippen molar-refractivity contribution >= 4 is 35.0 Å². The predicted octanol–water partition coefficient (Wildman–Crippen LogP) is 5.35. The third-order valence-corrected chi connectivity index (χ3v) is 5.91. The number of rotatable bonds is 9. The maximum atomic E-state index is 12.5. The van der Waals surface area contributed by atoms with Gasteiger partial charge in [0.15, 0.2) is 11.0 Å². The molecule has 0 radical (unpaired) electrons. The summed E-state index contributed by atoms with van der Waals surface area (Å²) in [7, 11) is 0. The first kappa shape index (κ1) is 22.9. The average Bonchev–Trinajstić information content (AvgIpc) is 3.12. The fraction of sp³-hybridized carbons (Fsp3) is 0.261. The molecule has 1 N–H and O–H groups in total. The molecule has 31 heavy (non-hydrogen) atoms. The number of anilines is 1. The van der Waals surface area contributed by atoms with Gasteiger partial charge in [-0.25, -0.2) is 0 Å². The molecule has 1 heterocycles. The number of nitrogens with zero attached hydrogens (tertiary/aromatic N) is 3. The number of carbonyl (C=O) groups excluding carboxylic acids is 1. The number of allylic oxidation sites excluding steroid dienone is 1. The third-order valence-electron chi connectivity index (χ3n) is 4.63. The van der Waals surface area contributed by atoms with Crippen molar-refractivity contribution < 1.29 is 9.53 Å². The van der Waals surface area contributed by atoms with Gasteiger partial charge in [0.1, 0.15) is 12.4 Å². The molecule has 0 aliphatic carbocycles. The first-order chi connectivity index (χ1) is 14.9. The van der Waals surface area contributed by atoms with Crippen LogP contribution in [-0.4, -0.2) is 26.4 Å². The third kappa shape index (κ3) is 5.89. The van der Waals surface area contributed by atoms with Gasteiger partial charge in [0, 0.05) is 12.2 Å². The van der Waals surface area contributed by atoms with Crippen LogP contribution in [0.25, 0.3) is 0 Å². The summed E-state index contributed by atoms with van der Waals surface area (Å²) in [6.07, 6.45) is 1.76. The van der Waals surface area contributed by atoms with Crippen molar-refractivity contribution in [2.24, 2.45) is 0 Å². The number of amides is 1. The number of nitrogens with one attached hydrogen (secondary N) is 1. The summed E-state index contributed by atoms with van der Waals surface area (Å²) in [4.78, 5) is 12.5. The van der Waals surface area contributed by atoms with Gasteiger partial charge in [-0.05, 0) is 49.6 Å². The Morgan fingerprint density at radius 1 is 1.23 bits per heavy atom. The van der Waals surface area contributed by atoms with Crippen LogP contribution in [0.1, 0.15) is 22.5 Å². The molecule has 1 amide bonds.